The third-order valence-corrected chi connectivity index (χ3v) is 3.24. The Morgan fingerprint density at radius 2 is 2.29 bits per heavy atom. The van der Waals surface area contributed by atoms with Crippen molar-refractivity contribution in [1.29, 1.82) is 0 Å². The Morgan fingerprint density at radius 1 is 1.52 bits per heavy atom. The Kier molecular flexibility index (Phi) is 5.01. The minimum absolute atomic E-state index is 0.0420. The molecular weight excluding hydrogens is 275 g/mol. The number of piperidine rings is 1. The first-order chi connectivity index (χ1) is 9.95. The highest BCUT2D eigenvalue weighted by Crippen LogP contribution is 2.22. The standard InChI is InChI=1S/C15H21FN2O3/c1-10(2)21-12-5-6-14(13(16)8-12)17-15(20)18-7-3-4-11(19)9-18/h5-6,8,10-11,19H,3-4,7,9H2,1-2H3,(H,17,20). The molecule has 1 aromatic carbocycles. The van der Waals surface area contributed by atoms with Crippen molar-refractivity contribution in [2.75, 3.05) is 18.4 Å². The second kappa shape index (κ2) is 6.76. The van der Waals surface area contributed by atoms with Gasteiger partial charge in [-0.05, 0) is 38.8 Å². The van der Waals surface area contributed by atoms with Gasteiger partial charge in [0.25, 0.3) is 0 Å². The summed E-state index contributed by atoms with van der Waals surface area (Å²) in [6, 6.07) is 3.95. The first-order valence-corrected chi connectivity index (χ1v) is 7.16. The molecule has 0 radical (unpaired) electrons. The number of aliphatic hydroxyl groups excluding tert-OH is 1. The van der Waals surface area contributed by atoms with Crippen LogP contribution in [0.5, 0.6) is 5.75 Å². The van der Waals surface area contributed by atoms with Gasteiger partial charge in [0.1, 0.15) is 11.6 Å². The Hall–Kier alpha value is -1.82. The van der Waals surface area contributed by atoms with Crippen LogP contribution in [0.15, 0.2) is 18.2 Å². The number of likely N-dealkylation sites (tertiary alicyclic amines) is 1. The number of hydrogen-bond acceptors (Lipinski definition) is 3. The number of carbonyl (C=O) groups is 1. The van der Waals surface area contributed by atoms with Crippen molar-refractivity contribution in [2.45, 2.75) is 38.9 Å². The Labute approximate surface area is 123 Å². The van der Waals surface area contributed by atoms with E-state index in [4.69, 9.17) is 4.74 Å². The van der Waals surface area contributed by atoms with E-state index in [2.05, 4.69) is 5.32 Å². The van der Waals surface area contributed by atoms with Gasteiger partial charge in [-0.3, -0.25) is 0 Å². The highest BCUT2D eigenvalue weighted by molar-refractivity contribution is 5.89. The Balaban J connectivity index is 2.00. The summed E-state index contributed by atoms with van der Waals surface area (Å²) in [7, 11) is 0. The average molecular weight is 296 g/mol. The molecule has 1 aromatic rings. The van der Waals surface area contributed by atoms with Gasteiger partial charge < -0.3 is 20.1 Å². The highest BCUT2D eigenvalue weighted by Gasteiger charge is 2.22. The van der Waals surface area contributed by atoms with E-state index in [1.54, 1.807) is 6.07 Å². The van der Waals surface area contributed by atoms with Crippen molar-refractivity contribution in [1.82, 2.24) is 4.90 Å². The van der Waals surface area contributed by atoms with Crippen LogP contribution in [0.25, 0.3) is 0 Å². The van der Waals surface area contributed by atoms with Crippen molar-refractivity contribution in [2.24, 2.45) is 0 Å². The highest BCUT2D eigenvalue weighted by atomic mass is 19.1. The smallest absolute Gasteiger partial charge is 0.322 e. The van der Waals surface area contributed by atoms with Gasteiger partial charge in [0.05, 0.1) is 17.9 Å². The van der Waals surface area contributed by atoms with Crippen molar-refractivity contribution >= 4 is 11.7 Å². The minimum atomic E-state index is -0.543. The molecule has 2 N–H and O–H groups in total. The largest absolute Gasteiger partial charge is 0.491 e. The van der Waals surface area contributed by atoms with Crippen molar-refractivity contribution < 1.29 is 19.0 Å². The van der Waals surface area contributed by atoms with E-state index < -0.39 is 18.0 Å². The molecule has 0 bridgehead atoms. The van der Waals surface area contributed by atoms with E-state index in [0.29, 0.717) is 18.7 Å². The van der Waals surface area contributed by atoms with Crippen LogP contribution in [0.3, 0.4) is 0 Å². The number of amides is 2. The molecule has 0 spiro atoms. The minimum Gasteiger partial charge on any atom is -0.491 e. The lowest BCUT2D eigenvalue weighted by atomic mass is 10.1. The zero-order chi connectivity index (χ0) is 15.4. The number of aliphatic hydroxyl groups is 1. The van der Waals surface area contributed by atoms with E-state index >= 15 is 0 Å². The van der Waals surface area contributed by atoms with Crippen LogP contribution < -0.4 is 10.1 Å². The molecule has 1 saturated heterocycles. The van der Waals surface area contributed by atoms with Crippen LogP contribution in [-0.4, -0.2) is 41.3 Å². The van der Waals surface area contributed by atoms with E-state index in [-0.39, 0.29) is 18.3 Å². The van der Waals surface area contributed by atoms with Gasteiger partial charge in [-0.1, -0.05) is 0 Å². The molecule has 1 atom stereocenters. The number of anilines is 1. The SMILES string of the molecule is CC(C)Oc1ccc(NC(=O)N2CCCC(O)C2)c(F)c1. The molecule has 0 saturated carbocycles. The summed E-state index contributed by atoms with van der Waals surface area (Å²) in [5.74, 6) is -0.118. The Bertz CT molecular complexity index is 508. The van der Waals surface area contributed by atoms with Gasteiger partial charge in [0.2, 0.25) is 0 Å². The number of nitrogens with one attached hydrogen (secondary N) is 1. The normalized spacial score (nSPS) is 18.7. The molecule has 2 rings (SSSR count). The maximum Gasteiger partial charge on any atom is 0.322 e. The van der Waals surface area contributed by atoms with Gasteiger partial charge in [-0.15, -0.1) is 0 Å². The van der Waals surface area contributed by atoms with Crippen LogP contribution >= 0.6 is 0 Å². The zero-order valence-corrected chi connectivity index (χ0v) is 12.3. The van der Waals surface area contributed by atoms with E-state index in [9.17, 15) is 14.3 Å². The van der Waals surface area contributed by atoms with Crippen molar-refractivity contribution in [3.05, 3.63) is 24.0 Å². The summed E-state index contributed by atoms with van der Waals surface area (Å²) in [5.41, 5.74) is 0.108. The van der Waals surface area contributed by atoms with Crippen LogP contribution in [0.4, 0.5) is 14.9 Å². The molecule has 2 amide bonds. The van der Waals surface area contributed by atoms with Gasteiger partial charge in [0, 0.05) is 19.2 Å². The molecule has 1 aliphatic rings. The lowest BCUT2D eigenvalue weighted by molar-refractivity contribution is 0.0883. The molecule has 116 valence electrons. The van der Waals surface area contributed by atoms with Gasteiger partial charge in [-0.2, -0.15) is 0 Å². The van der Waals surface area contributed by atoms with Crippen LogP contribution in [0.2, 0.25) is 0 Å². The summed E-state index contributed by atoms with van der Waals surface area (Å²) in [6.07, 6.45) is 0.897. The number of ether oxygens (including phenoxy) is 1. The fourth-order valence-corrected chi connectivity index (χ4v) is 2.28. The van der Waals surface area contributed by atoms with Gasteiger partial charge in [-0.25, -0.2) is 9.18 Å². The van der Waals surface area contributed by atoms with Crippen LogP contribution in [0.1, 0.15) is 26.7 Å². The van der Waals surface area contributed by atoms with Crippen molar-refractivity contribution in [3.63, 3.8) is 0 Å². The maximum atomic E-state index is 13.9. The molecule has 1 unspecified atom stereocenters. The molecule has 1 fully saturated rings. The first kappa shape index (κ1) is 15.6. The quantitative estimate of drug-likeness (QED) is 0.901. The second-order valence-electron chi connectivity index (χ2n) is 5.48. The van der Waals surface area contributed by atoms with Crippen molar-refractivity contribution in [3.8, 4) is 5.75 Å². The lowest BCUT2D eigenvalue weighted by Crippen LogP contribution is -2.44. The number of rotatable bonds is 3. The van der Waals surface area contributed by atoms with Crippen LogP contribution in [-0.2, 0) is 0 Å². The third kappa shape index (κ3) is 4.32. The summed E-state index contributed by atoms with van der Waals surface area (Å²) in [5, 5.41) is 12.1. The topological polar surface area (TPSA) is 61.8 Å². The molecule has 6 heteroatoms. The monoisotopic (exact) mass is 296 g/mol. The number of carbonyl (C=O) groups excluding carboxylic acids is 1. The van der Waals surface area contributed by atoms with E-state index in [0.717, 1.165) is 6.42 Å². The molecule has 21 heavy (non-hydrogen) atoms. The number of β-amino-alcohol motifs (C(OH)–C–C–N with tert-alkyl or cyclic N) is 1. The molecular formula is C15H21FN2O3. The molecule has 0 aromatic heterocycles. The summed E-state index contributed by atoms with van der Waals surface area (Å²) in [4.78, 5) is 13.5. The fraction of sp³-hybridized carbons (Fsp3) is 0.533. The summed E-state index contributed by atoms with van der Waals surface area (Å²) in [6.45, 7) is 4.56. The molecule has 5 nitrogen and oxygen atoms in total. The average Bonchev–Trinajstić information content (AvgIpc) is 2.41. The predicted molar refractivity (Wildman–Crippen MR) is 78.0 cm³/mol. The summed E-state index contributed by atoms with van der Waals surface area (Å²) < 4.78 is 19.3. The lowest BCUT2D eigenvalue weighted by Gasteiger charge is -2.30. The fourth-order valence-electron chi connectivity index (χ4n) is 2.28. The predicted octanol–water partition coefficient (Wildman–Crippen LogP) is 2.60. The second-order valence-corrected chi connectivity index (χ2v) is 5.48. The number of benzene rings is 1. The third-order valence-electron chi connectivity index (χ3n) is 3.24. The first-order valence-electron chi connectivity index (χ1n) is 7.16. The number of halogens is 1. The maximum absolute atomic E-state index is 13.9. The number of nitrogens with zero attached hydrogens (tertiary/aromatic N) is 1. The summed E-state index contributed by atoms with van der Waals surface area (Å²) >= 11 is 0. The molecule has 1 aliphatic heterocycles. The molecule has 0 aliphatic carbocycles. The Morgan fingerprint density at radius 3 is 2.90 bits per heavy atom. The van der Waals surface area contributed by atoms with E-state index in [1.165, 1.54) is 17.0 Å². The number of urea groups is 1. The van der Waals surface area contributed by atoms with Gasteiger partial charge in [0.15, 0.2) is 0 Å². The zero-order valence-electron chi connectivity index (χ0n) is 12.3. The van der Waals surface area contributed by atoms with Crippen LogP contribution in [0, 0.1) is 5.82 Å². The number of hydrogen-bond donors (Lipinski definition) is 2. The molecule has 1 heterocycles. The van der Waals surface area contributed by atoms with E-state index in [1.807, 2.05) is 13.8 Å². The van der Waals surface area contributed by atoms with Gasteiger partial charge >= 0.3 is 6.03 Å².